The minimum absolute atomic E-state index is 0.130. The number of carboxylic acid groups (broad SMARTS) is 1. The van der Waals surface area contributed by atoms with Crippen molar-refractivity contribution in [1.29, 1.82) is 0 Å². The molecule has 1 N–H and O–H groups in total. The zero-order valence-electron chi connectivity index (χ0n) is 23.1. The number of fused-ring (bicyclic) bond motifs is 1. The van der Waals surface area contributed by atoms with Gasteiger partial charge < -0.3 is 19.3 Å². The van der Waals surface area contributed by atoms with E-state index in [4.69, 9.17) is 14.2 Å². The van der Waals surface area contributed by atoms with Crippen molar-refractivity contribution in [3.63, 3.8) is 0 Å². The van der Waals surface area contributed by atoms with Gasteiger partial charge in [0.15, 0.2) is 6.10 Å². The molecule has 4 rings (SSSR count). The van der Waals surface area contributed by atoms with Crippen LogP contribution in [0.2, 0.25) is 0 Å². The fraction of sp³-hybridized carbons (Fsp3) is 0.419. The fourth-order valence-electron chi connectivity index (χ4n) is 4.77. The van der Waals surface area contributed by atoms with Gasteiger partial charge in [-0.1, -0.05) is 25.5 Å². The molecular formula is C31H34F3NO5. The van der Waals surface area contributed by atoms with E-state index in [9.17, 15) is 23.1 Å². The highest BCUT2D eigenvalue weighted by molar-refractivity contribution is 5.91. The molecule has 1 unspecified atom stereocenters. The Morgan fingerprint density at radius 1 is 1.10 bits per heavy atom. The van der Waals surface area contributed by atoms with E-state index in [1.165, 1.54) is 12.3 Å². The number of aromatic nitrogens is 1. The Morgan fingerprint density at radius 2 is 1.88 bits per heavy atom. The van der Waals surface area contributed by atoms with Crippen molar-refractivity contribution >= 4 is 5.97 Å². The lowest BCUT2D eigenvalue weighted by molar-refractivity contribution is -0.163. The maximum atomic E-state index is 14.5. The van der Waals surface area contributed by atoms with Crippen molar-refractivity contribution in [3.05, 3.63) is 65.4 Å². The Kier molecular flexibility index (Phi) is 8.73. The maximum Gasteiger partial charge on any atom is 0.416 e. The molecule has 0 spiro atoms. The SMILES string of the molecule is CCCCOc1cc(-c2ccc(C(F)(F)F)c(C(OC(C)(C)C)C(=O)O)c2-c2ccc3c(c2)CCCO3)ccn1. The highest BCUT2D eigenvalue weighted by atomic mass is 19.4. The lowest BCUT2D eigenvalue weighted by atomic mass is 9.84. The molecule has 9 heteroatoms. The van der Waals surface area contributed by atoms with Gasteiger partial charge in [-0.3, -0.25) is 0 Å². The van der Waals surface area contributed by atoms with Crippen LogP contribution >= 0.6 is 0 Å². The molecule has 0 amide bonds. The van der Waals surface area contributed by atoms with Crippen LogP contribution in [-0.2, 0) is 22.1 Å². The Hall–Kier alpha value is -3.59. The number of halogens is 3. The van der Waals surface area contributed by atoms with Crippen LogP contribution in [0, 0.1) is 0 Å². The van der Waals surface area contributed by atoms with Crippen LogP contribution in [0.3, 0.4) is 0 Å². The standard InChI is InChI=1S/C31H34F3NO5/c1-5-6-15-39-25-18-19(13-14-35-25)22-10-11-23(31(32,33)34)27(28(29(36)37)40-30(2,3)4)26(22)21-9-12-24-20(17-21)8-7-16-38-24/h9-14,17-18,28H,5-8,15-16H2,1-4H3,(H,36,37). The predicted octanol–water partition coefficient (Wildman–Crippen LogP) is 7.88. The molecule has 3 aromatic rings. The van der Waals surface area contributed by atoms with Crippen LogP contribution in [-0.4, -0.2) is 34.9 Å². The highest BCUT2D eigenvalue weighted by Crippen LogP contribution is 2.47. The van der Waals surface area contributed by atoms with Gasteiger partial charge in [0.1, 0.15) is 5.75 Å². The lowest BCUT2D eigenvalue weighted by Gasteiger charge is -2.30. The molecule has 1 aromatic heterocycles. The van der Waals surface area contributed by atoms with E-state index in [0.717, 1.165) is 30.9 Å². The highest BCUT2D eigenvalue weighted by Gasteiger charge is 2.41. The van der Waals surface area contributed by atoms with Crippen LogP contribution < -0.4 is 9.47 Å². The van der Waals surface area contributed by atoms with Crippen molar-refractivity contribution in [2.45, 2.75) is 71.3 Å². The minimum Gasteiger partial charge on any atom is -0.493 e. The Balaban J connectivity index is 2.04. The van der Waals surface area contributed by atoms with E-state index in [0.29, 0.717) is 48.0 Å². The molecule has 0 saturated carbocycles. The molecule has 2 heterocycles. The Morgan fingerprint density at radius 3 is 2.55 bits per heavy atom. The molecule has 1 aliphatic rings. The largest absolute Gasteiger partial charge is 0.493 e. The van der Waals surface area contributed by atoms with Crippen molar-refractivity contribution in [2.75, 3.05) is 13.2 Å². The van der Waals surface area contributed by atoms with Gasteiger partial charge in [-0.25, -0.2) is 9.78 Å². The number of aryl methyl sites for hydroxylation is 1. The van der Waals surface area contributed by atoms with Gasteiger partial charge in [0, 0.05) is 17.8 Å². The topological polar surface area (TPSA) is 77.9 Å². The van der Waals surface area contributed by atoms with Gasteiger partial charge in [-0.05, 0) is 92.1 Å². The van der Waals surface area contributed by atoms with E-state index in [-0.39, 0.29) is 5.56 Å². The van der Waals surface area contributed by atoms with Crippen LogP contribution in [0.5, 0.6) is 11.6 Å². The van der Waals surface area contributed by atoms with Gasteiger partial charge in [-0.15, -0.1) is 0 Å². The number of hydrogen-bond donors (Lipinski definition) is 1. The predicted molar refractivity (Wildman–Crippen MR) is 146 cm³/mol. The van der Waals surface area contributed by atoms with Crippen molar-refractivity contribution in [3.8, 4) is 33.9 Å². The first-order chi connectivity index (χ1) is 18.9. The van der Waals surface area contributed by atoms with Gasteiger partial charge in [0.05, 0.1) is 24.4 Å². The van der Waals surface area contributed by atoms with Crippen LogP contribution in [0.4, 0.5) is 13.2 Å². The first-order valence-corrected chi connectivity index (χ1v) is 13.4. The summed E-state index contributed by atoms with van der Waals surface area (Å²) in [6, 6.07) is 10.8. The second kappa shape index (κ2) is 11.9. The molecule has 6 nitrogen and oxygen atoms in total. The number of alkyl halides is 3. The number of pyridine rings is 1. The fourth-order valence-corrected chi connectivity index (χ4v) is 4.77. The zero-order chi connectivity index (χ0) is 29.1. The Labute approximate surface area is 232 Å². The van der Waals surface area contributed by atoms with Crippen molar-refractivity contribution in [1.82, 2.24) is 4.98 Å². The number of carbonyl (C=O) groups is 1. The van der Waals surface area contributed by atoms with E-state index in [2.05, 4.69) is 4.98 Å². The molecule has 1 aliphatic heterocycles. The molecule has 0 saturated heterocycles. The third-order valence-corrected chi connectivity index (χ3v) is 6.50. The summed E-state index contributed by atoms with van der Waals surface area (Å²) in [6.07, 6.45) is -1.98. The summed E-state index contributed by atoms with van der Waals surface area (Å²) < 4.78 is 60.9. The second-order valence-corrected chi connectivity index (χ2v) is 10.8. The average molecular weight is 558 g/mol. The quantitative estimate of drug-likeness (QED) is 0.270. The van der Waals surface area contributed by atoms with Crippen molar-refractivity contribution in [2.24, 2.45) is 0 Å². The summed E-state index contributed by atoms with van der Waals surface area (Å²) in [5.74, 6) is -0.516. The van der Waals surface area contributed by atoms with Gasteiger partial charge in [0.2, 0.25) is 5.88 Å². The number of aliphatic carboxylic acids is 1. The molecule has 40 heavy (non-hydrogen) atoms. The monoisotopic (exact) mass is 557 g/mol. The van der Waals surface area contributed by atoms with Crippen LogP contribution in [0.15, 0.2) is 48.7 Å². The molecule has 0 bridgehead atoms. The lowest BCUT2D eigenvalue weighted by Crippen LogP contribution is -2.29. The van der Waals surface area contributed by atoms with Gasteiger partial charge in [0.25, 0.3) is 0 Å². The first kappa shape index (κ1) is 29.4. The number of nitrogens with zero attached hydrogens (tertiary/aromatic N) is 1. The maximum absolute atomic E-state index is 14.5. The number of carboxylic acids is 1. The molecule has 2 aromatic carbocycles. The summed E-state index contributed by atoms with van der Waals surface area (Å²) in [7, 11) is 0. The number of hydrogen-bond acceptors (Lipinski definition) is 5. The molecular weight excluding hydrogens is 523 g/mol. The number of benzene rings is 2. The summed E-state index contributed by atoms with van der Waals surface area (Å²) in [4.78, 5) is 16.8. The first-order valence-electron chi connectivity index (χ1n) is 13.4. The van der Waals surface area contributed by atoms with E-state index < -0.39 is 35.0 Å². The van der Waals surface area contributed by atoms with Crippen molar-refractivity contribution < 1.29 is 37.3 Å². The number of rotatable bonds is 9. The van der Waals surface area contributed by atoms with E-state index in [1.54, 1.807) is 51.1 Å². The normalized spacial score (nSPS) is 14.3. The summed E-state index contributed by atoms with van der Waals surface area (Å²) in [5.41, 5.74) is -0.189. The third kappa shape index (κ3) is 6.75. The molecule has 0 radical (unpaired) electrons. The molecule has 1 atom stereocenters. The van der Waals surface area contributed by atoms with Gasteiger partial charge in [-0.2, -0.15) is 13.2 Å². The van der Waals surface area contributed by atoms with Crippen LogP contribution in [0.25, 0.3) is 22.3 Å². The number of unbranched alkanes of at least 4 members (excludes halogenated alkanes) is 1. The summed E-state index contributed by atoms with van der Waals surface area (Å²) in [5, 5.41) is 10.2. The Bertz CT molecular complexity index is 1360. The zero-order valence-corrected chi connectivity index (χ0v) is 23.1. The molecule has 214 valence electrons. The molecule has 0 fully saturated rings. The van der Waals surface area contributed by atoms with E-state index >= 15 is 0 Å². The number of ether oxygens (including phenoxy) is 3. The minimum atomic E-state index is -4.83. The van der Waals surface area contributed by atoms with Crippen LogP contribution in [0.1, 0.15) is 69.8 Å². The second-order valence-electron chi connectivity index (χ2n) is 10.8. The molecule has 0 aliphatic carbocycles. The van der Waals surface area contributed by atoms with Gasteiger partial charge >= 0.3 is 12.1 Å². The average Bonchev–Trinajstić information content (AvgIpc) is 2.90. The van der Waals surface area contributed by atoms with E-state index in [1.807, 2.05) is 6.92 Å². The third-order valence-electron chi connectivity index (χ3n) is 6.50. The summed E-state index contributed by atoms with van der Waals surface area (Å²) >= 11 is 0. The smallest absolute Gasteiger partial charge is 0.416 e. The summed E-state index contributed by atoms with van der Waals surface area (Å²) in [6.45, 7) is 7.87.